The summed E-state index contributed by atoms with van der Waals surface area (Å²) in [7, 11) is -0.557. The molecule has 4 nitrogen and oxygen atoms in total. The Morgan fingerprint density at radius 2 is 1.81 bits per heavy atom. The van der Waals surface area contributed by atoms with Gasteiger partial charge in [-0.15, -0.1) is 0 Å². The Labute approximate surface area is 123 Å². The summed E-state index contributed by atoms with van der Waals surface area (Å²) in [5.74, 6) is -0.0953. The maximum Gasteiger partial charge on any atom is 0.496 e. The molecule has 0 amide bonds. The molecule has 0 unspecified atom stereocenters. The van der Waals surface area contributed by atoms with Gasteiger partial charge in [0, 0.05) is 17.7 Å². The van der Waals surface area contributed by atoms with Crippen LogP contribution in [0, 0.1) is 0 Å². The van der Waals surface area contributed by atoms with Crippen LogP contribution >= 0.6 is 0 Å². The van der Waals surface area contributed by atoms with Crippen molar-refractivity contribution in [2.24, 2.45) is 0 Å². The van der Waals surface area contributed by atoms with E-state index < -0.39 is 24.9 Å². The van der Waals surface area contributed by atoms with E-state index in [1.54, 1.807) is 0 Å². The van der Waals surface area contributed by atoms with Crippen molar-refractivity contribution < 1.29 is 22.8 Å². The van der Waals surface area contributed by atoms with Gasteiger partial charge in [-0.25, -0.2) is 4.98 Å². The smallest absolute Gasteiger partial charge is 0.417 e. The number of aryl methyl sites for hydroxylation is 1. The number of hydrogen-bond acceptors (Lipinski definition) is 4. The molecule has 2 heterocycles. The molecular formula is C14H20BF2NO3. The molecule has 1 aliphatic heterocycles. The fourth-order valence-electron chi connectivity index (χ4n) is 2.13. The summed E-state index contributed by atoms with van der Waals surface area (Å²) >= 11 is 0. The standard InChI is InChI=1S/C14H20BF2NO3/c1-6-9-7-11(19-12(16)17)18-8-10(9)15-20-13(2,3)14(4,5)21-15/h7-8,12H,6H2,1-5H3. The van der Waals surface area contributed by atoms with Gasteiger partial charge in [0.05, 0.1) is 11.2 Å². The molecule has 1 aromatic heterocycles. The minimum atomic E-state index is -2.88. The Balaban J connectivity index is 2.29. The molecule has 7 heteroatoms. The third-order valence-corrected chi connectivity index (χ3v) is 4.10. The summed E-state index contributed by atoms with van der Waals surface area (Å²) in [6.07, 6.45) is 2.13. The van der Waals surface area contributed by atoms with E-state index in [0.29, 0.717) is 6.42 Å². The molecule has 1 aromatic rings. The van der Waals surface area contributed by atoms with Crippen molar-refractivity contribution in [2.75, 3.05) is 0 Å². The number of pyridine rings is 1. The van der Waals surface area contributed by atoms with Gasteiger partial charge in [-0.05, 0) is 39.7 Å². The van der Waals surface area contributed by atoms with Gasteiger partial charge < -0.3 is 14.0 Å². The molecular weight excluding hydrogens is 279 g/mol. The lowest BCUT2D eigenvalue weighted by molar-refractivity contribution is -0.0528. The molecule has 0 radical (unpaired) electrons. The Morgan fingerprint density at radius 1 is 1.24 bits per heavy atom. The average Bonchev–Trinajstić information content (AvgIpc) is 2.57. The number of rotatable bonds is 4. The number of nitrogens with zero attached hydrogens (tertiary/aromatic N) is 1. The van der Waals surface area contributed by atoms with E-state index in [4.69, 9.17) is 9.31 Å². The molecule has 1 aliphatic rings. The summed E-state index contributed by atoms with van der Waals surface area (Å²) in [5, 5.41) is 0. The summed E-state index contributed by atoms with van der Waals surface area (Å²) in [5.41, 5.74) is 0.652. The molecule has 116 valence electrons. The second-order valence-corrected chi connectivity index (χ2v) is 6.04. The van der Waals surface area contributed by atoms with Crippen LogP contribution < -0.4 is 10.2 Å². The molecule has 1 saturated heterocycles. The number of aromatic nitrogens is 1. The molecule has 1 fully saturated rings. The lowest BCUT2D eigenvalue weighted by Crippen LogP contribution is -2.41. The van der Waals surface area contributed by atoms with Crippen LogP contribution in [0.15, 0.2) is 12.3 Å². The first kappa shape index (κ1) is 16.2. The van der Waals surface area contributed by atoms with E-state index >= 15 is 0 Å². The maximum absolute atomic E-state index is 12.2. The van der Waals surface area contributed by atoms with Gasteiger partial charge >= 0.3 is 13.7 Å². The highest BCUT2D eigenvalue weighted by molar-refractivity contribution is 6.62. The van der Waals surface area contributed by atoms with Crippen LogP contribution in [-0.4, -0.2) is 29.9 Å². The summed E-state index contributed by atoms with van der Waals surface area (Å²) in [4.78, 5) is 3.91. The zero-order valence-electron chi connectivity index (χ0n) is 12.9. The van der Waals surface area contributed by atoms with Crippen LogP contribution in [-0.2, 0) is 15.7 Å². The number of halogens is 2. The van der Waals surface area contributed by atoms with Crippen LogP contribution in [0.1, 0.15) is 40.2 Å². The number of alkyl halides is 2. The predicted molar refractivity (Wildman–Crippen MR) is 76.0 cm³/mol. The lowest BCUT2D eigenvalue weighted by Gasteiger charge is -2.32. The van der Waals surface area contributed by atoms with E-state index in [1.807, 2.05) is 34.6 Å². The Bertz CT molecular complexity index is 507. The van der Waals surface area contributed by atoms with Gasteiger partial charge in [-0.3, -0.25) is 0 Å². The van der Waals surface area contributed by atoms with E-state index in [0.717, 1.165) is 11.0 Å². The zero-order chi connectivity index (χ0) is 15.8. The van der Waals surface area contributed by atoms with Crippen molar-refractivity contribution in [2.45, 2.75) is 58.9 Å². The molecule has 0 bridgehead atoms. The monoisotopic (exact) mass is 299 g/mol. The highest BCUT2D eigenvalue weighted by atomic mass is 19.3. The minimum absolute atomic E-state index is 0.0953. The Kier molecular flexibility index (Phi) is 4.26. The summed E-state index contributed by atoms with van der Waals surface area (Å²) < 4.78 is 40.8. The zero-order valence-corrected chi connectivity index (χ0v) is 12.9. The first-order valence-electron chi connectivity index (χ1n) is 6.95. The van der Waals surface area contributed by atoms with Crippen LogP contribution in [0.5, 0.6) is 5.88 Å². The van der Waals surface area contributed by atoms with E-state index in [-0.39, 0.29) is 5.88 Å². The van der Waals surface area contributed by atoms with Gasteiger partial charge in [-0.2, -0.15) is 8.78 Å². The SMILES string of the molecule is CCc1cc(OC(F)F)ncc1B1OC(C)(C)C(C)(C)O1. The first-order valence-corrected chi connectivity index (χ1v) is 6.95. The van der Waals surface area contributed by atoms with Crippen molar-refractivity contribution >= 4 is 12.6 Å². The lowest BCUT2D eigenvalue weighted by atomic mass is 9.76. The van der Waals surface area contributed by atoms with Crippen molar-refractivity contribution in [3.05, 3.63) is 17.8 Å². The fraction of sp³-hybridized carbons (Fsp3) is 0.643. The molecule has 2 rings (SSSR count). The molecule has 0 aromatic carbocycles. The first-order chi connectivity index (χ1) is 9.66. The predicted octanol–water partition coefficient (Wildman–Crippen LogP) is 2.54. The summed E-state index contributed by atoms with van der Waals surface area (Å²) in [6.45, 7) is 6.88. The highest BCUT2D eigenvalue weighted by Crippen LogP contribution is 2.36. The van der Waals surface area contributed by atoms with Crippen LogP contribution in [0.3, 0.4) is 0 Å². The normalized spacial score (nSPS) is 20.1. The fourth-order valence-corrected chi connectivity index (χ4v) is 2.13. The molecule has 0 spiro atoms. The molecule has 0 atom stereocenters. The van der Waals surface area contributed by atoms with Crippen molar-refractivity contribution in [1.82, 2.24) is 4.98 Å². The van der Waals surface area contributed by atoms with Gasteiger partial charge in [-0.1, -0.05) is 6.92 Å². The van der Waals surface area contributed by atoms with Gasteiger partial charge in [0.15, 0.2) is 0 Å². The van der Waals surface area contributed by atoms with Gasteiger partial charge in [0.1, 0.15) is 0 Å². The van der Waals surface area contributed by atoms with Crippen LogP contribution in [0.2, 0.25) is 0 Å². The second-order valence-electron chi connectivity index (χ2n) is 6.04. The highest BCUT2D eigenvalue weighted by Gasteiger charge is 2.52. The number of hydrogen-bond donors (Lipinski definition) is 0. The van der Waals surface area contributed by atoms with Crippen LogP contribution in [0.4, 0.5) is 8.78 Å². The largest absolute Gasteiger partial charge is 0.496 e. The van der Waals surface area contributed by atoms with Gasteiger partial charge in [0.25, 0.3) is 0 Å². The van der Waals surface area contributed by atoms with Crippen molar-refractivity contribution in [3.8, 4) is 5.88 Å². The topological polar surface area (TPSA) is 40.6 Å². The number of ether oxygens (including phenoxy) is 1. The van der Waals surface area contributed by atoms with Crippen LogP contribution in [0.25, 0.3) is 0 Å². The molecule has 21 heavy (non-hydrogen) atoms. The van der Waals surface area contributed by atoms with E-state index in [2.05, 4.69) is 9.72 Å². The third kappa shape index (κ3) is 3.19. The van der Waals surface area contributed by atoms with Crippen molar-refractivity contribution in [3.63, 3.8) is 0 Å². The van der Waals surface area contributed by atoms with E-state index in [9.17, 15) is 8.78 Å². The van der Waals surface area contributed by atoms with Crippen molar-refractivity contribution in [1.29, 1.82) is 0 Å². The summed E-state index contributed by atoms with van der Waals surface area (Å²) in [6, 6.07) is 1.51. The van der Waals surface area contributed by atoms with Gasteiger partial charge in [0.2, 0.25) is 5.88 Å². The Hall–Kier alpha value is -1.21. The molecule has 0 N–H and O–H groups in total. The third-order valence-electron chi connectivity index (χ3n) is 4.10. The minimum Gasteiger partial charge on any atom is -0.417 e. The molecule has 0 aliphatic carbocycles. The second kappa shape index (κ2) is 5.53. The average molecular weight is 299 g/mol. The molecule has 0 saturated carbocycles. The quantitative estimate of drug-likeness (QED) is 0.801. The Morgan fingerprint density at radius 3 is 2.29 bits per heavy atom. The maximum atomic E-state index is 12.2. The van der Waals surface area contributed by atoms with E-state index in [1.165, 1.54) is 12.3 Å².